The van der Waals surface area contributed by atoms with Crippen LogP contribution < -0.4 is 0 Å². The van der Waals surface area contributed by atoms with E-state index < -0.39 is 94.9 Å². The zero-order chi connectivity index (χ0) is 35.3. The molecule has 2 unspecified atom stereocenters. The number of halogens is 2. The lowest BCUT2D eigenvalue weighted by atomic mass is 9.97. The van der Waals surface area contributed by atoms with Crippen LogP contribution in [0.25, 0.3) is 0 Å². The van der Waals surface area contributed by atoms with Gasteiger partial charge < -0.3 is 38.3 Å². The molecule has 0 amide bonds. The van der Waals surface area contributed by atoms with Gasteiger partial charge in [-0.2, -0.15) is 0 Å². The predicted molar refractivity (Wildman–Crippen MR) is 156 cm³/mol. The fourth-order valence-electron chi connectivity index (χ4n) is 3.47. The van der Waals surface area contributed by atoms with Gasteiger partial charge in [-0.05, 0) is 83.1 Å². The fraction of sp³-hybridized carbons (Fsp3) is 0.871. The number of hydrogen-bond acceptors (Lipinski definition) is 12. The Labute approximate surface area is 264 Å². The highest BCUT2D eigenvalue weighted by Crippen LogP contribution is 2.31. The van der Waals surface area contributed by atoms with Gasteiger partial charge in [-0.1, -0.05) is 0 Å². The number of aliphatic hydroxyl groups excluding tert-OH is 1. The number of carbonyl (C=O) groups is 4. The summed E-state index contributed by atoms with van der Waals surface area (Å²) in [6.07, 6.45) is -10.8. The number of esters is 4. The van der Waals surface area contributed by atoms with Crippen molar-refractivity contribution in [2.75, 3.05) is 20.3 Å². The van der Waals surface area contributed by atoms with Gasteiger partial charge in [-0.3, -0.25) is 19.2 Å². The van der Waals surface area contributed by atoms with E-state index in [9.17, 15) is 33.1 Å². The molecule has 0 aliphatic carbocycles. The van der Waals surface area contributed by atoms with Crippen molar-refractivity contribution in [1.82, 2.24) is 0 Å². The average Bonchev–Trinajstić information content (AvgIpc) is 3.33. The molecule has 0 aromatic heterocycles. The Kier molecular flexibility index (Phi) is 13.9. The molecule has 2 fully saturated rings. The summed E-state index contributed by atoms with van der Waals surface area (Å²) in [6.45, 7) is 19.5. The monoisotopic (exact) mass is 654 g/mol. The lowest BCUT2D eigenvalue weighted by Crippen LogP contribution is -2.40. The van der Waals surface area contributed by atoms with Crippen molar-refractivity contribution < 1.29 is 66.2 Å². The number of ether oxygens (including phenoxy) is 7. The van der Waals surface area contributed by atoms with Crippen molar-refractivity contribution in [1.29, 1.82) is 0 Å². The molecule has 2 aliphatic rings. The first-order chi connectivity index (χ1) is 20.2. The van der Waals surface area contributed by atoms with E-state index in [2.05, 4.69) is 0 Å². The maximum absolute atomic E-state index is 14.3. The van der Waals surface area contributed by atoms with Crippen molar-refractivity contribution >= 4 is 23.9 Å². The van der Waals surface area contributed by atoms with Crippen LogP contribution in [0, 0.1) is 21.7 Å². The van der Waals surface area contributed by atoms with Crippen molar-refractivity contribution in [3.05, 3.63) is 0 Å². The van der Waals surface area contributed by atoms with Gasteiger partial charge in [-0.25, -0.2) is 8.78 Å². The molecule has 262 valence electrons. The van der Waals surface area contributed by atoms with Crippen LogP contribution in [0.5, 0.6) is 0 Å². The number of carbonyl (C=O) groups excluding carboxylic acids is 4. The molecule has 12 nitrogen and oxygen atoms in total. The van der Waals surface area contributed by atoms with E-state index >= 15 is 0 Å². The first-order valence-electron chi connectivity index (χ1n) is 14.8. The first-order valence-corrected chi connectivity index (χ1v) is 14.8. The molecule has 2 aliphatic heterocycles. The van der Waals surface area contributed by atoms with E-state index in [1.54, 1.807) is 83.1 Å². The van der Waals surface area contributed by atoms with E-state index in [0.717, 1.165) is 0 Å². The van der Waals surface area contributed by atoms with Crippen LogP contribution in [-0.4, -0.2) is 98.6 Å². The highest BCUT2D eigenvalue weighted by Gasteiger charge is 2.50. The molecule has 1 N–H and O–H groups in total. The second-order valence-electron chi connectivity index (χ2n) is 15.2. The highest BCUT2D eigenvalue weighted by molar-refractivity contribution is 5.77. The van der Waals surface area contributed by atoms with Crippen molar-refractivity contribution in [3.8, 4) is 0 Å². The Balaban J connectivity index is 0.000000450. The SMILES string of the molecule is CC(C)(C)C(=O)OC[C@H]1OC(O)[C@@H](F)[C@@H]1OC(=O)C(C)(C)C.COC1O[C@H](COC(=O)C(C)(C)C)[C@@H](OC(=O)C(C)(C)C)[C@@H]1F. The van der Waals surface area contributed by atoms with E-state index in [0.29, 0.717) is 0 Å². The summed E-state index contributed by atoms with van der Waals surface area (Å²) in [5.74, 6) is -2.12. The molecule has 0 spiro atoms. The van der Waals surface area contributed by atoms with Gasteiger partial charge in [0.1, 0.15) is 25.4 Å². The molecule has 8 atom stereocenters. The predicted octanol–water partition coefficient (Wildman–Crippen LogP) is 3.83. The normalized spacial score (nSPS) is 28.9. The quantitative estimate of drug-likeness (QED) is 0.314. The summed E-state index contributed by atoms with van der Waals surface area (Å²) in [7, 11) is 1.30. The van der Waals surface area contributed by atoms with Gasteiger partial charge >= 0.3 is 23.9 Å². The van der Waals surface area contributed by atoms with Crippen molar-refractivity contribution in [3.63, 3.8) is 0 Å². The lowest BCUT2D eigenvalue weighted by molar-refractivity contribution is -0.172. The maximum atomic E-state index is 14.3. The van der Waals surface area contributed by atoms with Crippen LogP contribution in [0.15, 0.2) is 0 Å². The Hall–Kier alpha value is -2.42. The zero-order valence-electron chi connectivity index (χ0n) is 28.7. The Bertz CT molecular complexity index is 1020. The standard InChI is InChI=1S/C16H27FO6.C15H25FO6/c1-15(2,3)13(18)21-8-9-11(10(17)12(20-7)22-9)23-14(19)16(4,5)6;1-14(2,3)12(18)20-7-8-10(9(16)11(17)21-8)22-13(19)15(4,5)6/h9-12H,8H2,1-7H3;8-11,17H,7H2,1-6H3/t9-,10+,11-,12?;8-,9+,10-,11?/m11/s1. The molecule has 2 heterocycles. The van der Waals surface area contributed by atoms with Gasteiger partial charge in [0.25, 0.3) is 0 Å². The lowest BCUT2D eigenvalue weighted by Gasteiger charge is -2.25. The van der Waals surface area contributed by atoms with E-state index in [-0.39, 0.29) is 13.2 Å². The molecule has 2 saturated heterocycles. The fourth-order valence-corrected chi connectivity index (χ4v) is 3.47. The van der Waals surface area contributed by atoms with Gasteiger partial charge in [0.2, 0.25) is 0 Å². The van der Waals surface area contributed by atoms with Gasteiger partial charge in [0, 0.05) is 7.11 Å². The van der Waals surface area contributed by atoms with Gasteiger partial charge in [0.05, 0.1) is 21.7 Å². The third-order valence-electron chi connectivity index (χ3n) is 6.44. The number of rotatable bonds is 7. The Morgan fingerprint density at radius 2 is 0.933 bits per heavy atom. The molecule has 0 bridgehead atoms. The number of hydrogen-bond donors (Lipinski definition) is 1. The topological polar surface area (TPSA) is 153 Å². The van der Waals surface area contributed by atoms with Crippen LogP contribution in [0.2, 0.25) is 0 Å². The molecular formula is C31H52F2O12. The van der Waals surface area contributed by atoms with Crippen LogP contribution in [-0.2, 0) is 52.3 Å². The van der Waals surface area contributed by atoms with E-state index in [4.69, 9.17) is 33.2 Å². The van der Waals surface area contributed by atoms with Gasteiger partial charge in [-0.15, -0.1) is 0 Å². The molecule has 0 aromatic carbocycles. The third kappa shape index (κ3) is 12.0. The zero-order valence-corrected chi connectivity index (χ0v) is 28.7. The molecular weight excluding hydrogens is 602 g/mol. The minimum atomic E-state index is -1.88. The second kappa shape index (κ2) is 15.4. The number of aliphatic hydroxyl groups is 1. The van der Waals surface area contributed by atoms with E-state index in [1.165, 1.54) is 7.11 Å². The molecule has 0 radical (unpaired) electrons. The smallest absolute Gasteiger partial charge is 0.311 e. The Morgan fingerprint density at radius 3 is 1.27 bits per heavy atom. The molecule has 45 heavy (non-hydrogen) atoms. The summed E-state index contributed by atoms with van der Waals surface area (Å²) >= 11 is 0. The number of methoxy groups -OCH3 is 1. The molecule has 0 aromatic rings. The largest absolute Gasteiger partial charge is 0.462 e. The summed E-state index contributed by atoms with van der Waals surface area (Å²) in [4.78, 5) is 47.5. The summed E-state index contributed by atoms with van der Waals surface area (Å²) in [5, 5.41) is 9.45. The molecule has 0 saturated carbocycles. The molecule has 2 rings (SSSR count). The summed E-state index contributed by atoms with van der Waals surface area (Å²) in [5.41, 5.74) is -3.01. The van der Waals surface area contributed by atoms with Crippen molar-refractivity contribution in [2.24, 2.45) is 21.7 Å². The van der Waals surface area contributed by atoms with Crippen LogP contribution in [0.3, 0.4) is 0 Å². The number of alkyl halides is 2. The van der Waals surface area contributed by atoms with Gasteiger partial charge in [0.15, 0.2) is 37.1 Å². The first kappa shape index (κ1) is 40.6. The van der Waals surface area contributed by atoms with Crippen LogP contribution in [0.4, 0.5) is 8.78 Å². The average molecular weight is 655 g/mol. The third-order valence-corrected chi connectivity index (χ3v) is 6.44. The van der Waals surface area contributed by atoms with Crippen LogP contribution in [0.1, 0.15) is 83.1 Å². The summed E-state index contributed by atoms with van der Waals surface area (Å²) in [6, 6.07) is 0. The van der Waals surface area contributed by atoms with Crippen LogP contribution >= 0.6 is 0 Å². The minimum absolute atomic E-state index is 0.210. The minimum Gasteiger partial charge on any atom is -0.462 e. The maximum Gasteiger partial charge on any atom is 0.311 e. The Morgan fingerprint density at radius 1 is 0.600 bits per heavy atom. The van der Waals surface area contributed by atoms with Crippen molar-refractivity contribution in [2.45, 2.75) is 132 Å². The van der Waals surface area contributed by atoms with E-state index in [1.807, 2.05) is 0 Å². The second-order valence-corrected chi connectivity index (χ2v) is 15.2. The highest BCUT2D eigenvalue weighted by atomic mass is 19.1. The summed E-state index contributed by atoms with van der Waals surface area (Å²) < 4.78 is 64.1. The molecule has 14 heteroatoms.